The lowest BCUT2D eigenvalue weighted by Gasteiger charge is -2.25. The Bertz CT molecular complexity index is 1560. The molecule has 0 bridgehead atoms. The third kappa shape index (κ3) is 5.19. The first kappa shape index (κ1) is 28.0. The molecular formula is C29H19F6O3P. The predicted octanol–water partition coefficient (Wildman–Crippen LogP) is 8.37. The van der Waals surface area contributed by atoms with Gasteiger partial charge < -0.3 is 4.57 Å². The van der Waals surface area contributed by atoms with Crippen LogP contribution >= 0.6 is 7.14 Å². The summed E-state index contributed by atoms with van der Waals surface area (Å²) in [4.78, 5) is 28.0. The Morgan fingerprint density at radius 3 is 1.62 bits per heavy atom. The molecule has 0 saturated carbocycles. The minimum atomic E-state index is -5.42. The Morgan fingerprint density at radius 2 is 1.10 bits per heavy atom. The molecule has 0 aromatic heterocycles. The Morgan fingerprint density at radius 1 is 0.615 bits per heavy atom. The topological polar surface area (TPSA) is 51.2 Å². The van der Waals surface area contributed by atoms with Crippen molar-refractivity contribution in [2.24, 2.45) is 0 Å². The summed E-state index contributed by atoms with van der Waals surface area (Å²) in [7, 11) is -5.41. The molecule has 0 aliphatic heterocycles. The molecule has 39 heavy (non-hydrogen) atoms. The van der Waals surface area contributed by atoms with Gasteiger partial charge in [0.1, 0.15) is 0 Å². The van der Waals surface area contributed by atoms with Crippen LogP contribution in [0.4, 0.5) is 26.3 Å². The molecule has 0 heterocycles. The van der Waals surface area contributed by atoms with E-state index >= 15 is 0 Å². The number of rotatable bonds is 6. The number of hydrogen-bond donors (Lipinski definition) is 0. The van der Waals surface area contributed by atoms with Gasteiger partial charge in [-0.05, 0) is 35.7 Å². The number of alkyl halides is 6. The smallest absolute Gasteiger partial charge is 0.302 e. The highest BCUT2D eigenvalue weighted by Crippen LogP contribution is 2.56. The maximum Gasteiger partial charge on any atom is 0.417 e. The molecule has 0 saturated heterocycles. The summed E-state index contributed by atoms with van der Waals surface area (Å²) in [5, 5.41) is -0.417. The SMILES string of the molecule is Cc1cccc(-c2ccccc2)c1P(=O)(C(=O)c1ccccc1)C(=O)c1c(C(F)(F)F)cccc1C(F)(F)F. The molecule has 4 aromatic rings. The molecule has 0 N–H and O–H groups in total. The summed E-state index contributed by atoms with van der Waals surface area (Å²) in [6.45, 7) is 1.39. The summed E-state index contributed by atoms with van der Waals surface area (Å²) < 4.78 is 99.1. The van der Waals surface area contributed by atoms with Crippen molar-refractivity contribution in [1.29, 1.82) is 0 Å². The van der Waals surface area contributed by atoms with E-state index in [1.807, 2.05) is 0 Å². The molecule has 0 aliphatic carbocycles. The van der Waals surface area contributed by atoms with Gasteiger partial charge in [-0.2, -0.15) is 26.3 Å². The Hall–Kier alpha value is -3.97. The van der Waals surface area contributed by atoms with E-state index in [2.05, 4.69) is 0 Å². The second-order valence-electron chi connectivity index (χ2n) is 8.65. The van der Waals surface area contributed by atoms with Gasteiger partial charge in [0.25, 0.3) is 0 Å². The largest absolute Gasteiger partial charge is 0.417 e. The third-order valence-electron chi connectivity index (χ3n) is 6.12. The van der Waals surface area contributed by atoms with Crippen LogP contribution < -0.4 is 5.30 Å². The minimum absolute atomic E-state index is 0.0783. The van der Waals surface area contributed by atoms with Crippen LogP contribution in [0.15, 0.2) is 97.1 Å². The van der Waals surface area contributed by atoms with Crippen molar-refractivity contribution in [2.45, 2.75) is 19.3 Å². The van der Waals surface area contributed by atoms with Crippen LogP contribution in [0.5, 0.6) is 0 Å². The van der Waals surface area contributed by atoms with Crippen LogP contribution in [0.3, 0.4) is 0 Å². The first-order valence-corrected chi connectivity index (χ1v) is 13.2. The fourth-order valence-corrected chi connectivity index (χ4v) is 7.17. The molecule has 1 atom stereocenters. The van der Waals surface area contributed by atoms with Gasteiger partial charge in [0.2, 0.25) is 18.2 Å². The van der Waals surface area contributed by atoms with E-state index in [-0.39, 0.29) is 16.7 Å². The van der Waals surface area contributed by atoms with Gasteiger partial charge in [-0.25, -0.2) is 0 Å². The normalized spacial score (nSPS) is 13.5. The molecule has 0 amide bonds. The number of carbonyl (C=O) groups excluding carboxylic acids is 2. The van der Waals surface area contributed by atoms with Gasteiger partial charge in [0.05, 0.1) is 16.7 Å². The molecule has 3 nitrogen and oxygen atoms in total. The second-order valence-corrected chi connectivity index (χ2v) is 11.1. The van der Waals surface area contributed by atoms with Crippen LogP contribution in [0.2, 0.25) is 0 Å². The van der Waals surface area contributed by atoms with Crippen LogP contribution in [0.25, 0.3) is 11.1 Å². The molecule has 1 unspecified atom stereocenters. The molecule has 0 fully saturated rings. The van der Waals surface area contributed by atoms with Crippen molar-refractivity contribution < 1.29 is 40.5 Å². The molecule has 0 radical (unpaired) electrons. The molecule has 200 valence electrons. The van der Waals surface area contributed by atoms with Crippen molar-refractivity contribution in [1.82, 2.24) is 0 Å². The minimum Gasteiger partial charge on any atom is -0.302 e. The zero-order valence-electron chi connectivity index (χ0n) is 20.2. The van der Waals surface area contributed by atoms with Gasteiger partial charge in [-0.3, -0.25) is 9.59 Å². The first-order valence-electron chi connectivity index (χ1n) is 11.5. The van der Waals surface area contributed by atoms with E-state index in [9.17, 15) is 40.5 Å². The van der Waals surface area contributed by atoms with E-state index in [1.165, 1.54) is 55.5 Å². The maximum atomic E-state index is 15.0. The standard InChI is InChI=1S/C29H19F6O3P/c1-18-10-8-15-21(19-11-4-2-5-12-19)25(18)39(38,26(36)20-13-6-3-7-14-20)27(37)24-22(28(30,31)32)16-9-17-23(24)29(33,34)35/h2-17H,1H3. The maximum absolute atomic E-state index is 15.0. The lowest BCUT2D eigenvalue weighted by Crippen LogP contribution is -2.28. The highest BCUT2D eigenvalue weighted by Gasteiger charge is 2.51. The summed E-state index contributed by atoms with van der Waals surface area (Å²) >= 11 is 0. The second kappa shape index (κ2) is 10.3. The average Bonchev–Trinajstić information content (AvgIpc) is 2.91. The highest BCUT2D eigenvalue weighted by atomic mass is 31.2. The first-order chi connectivity index (χ1) is 18.3. The Labute approximate surface area is 219 Å². The van der Waals surface area contributed by atoms with Gasteiger partial charge in [0.15, 0.2) is 0 Å². The van der Waals surface area contributed by atoms with Crippen LogP contribution in [0, 0.1) is 6.92 Å². The van der Waals surface area contributed by atoms with E-state index in [4.69, 9.17) is 0 Å². The van der Waals surface area contributed by atoms with E-state index in [0.717, 1.165) is 0 Å². The number of benzene rings is 4. The van der Waals surface area contributed by atoms with Gasteiger partial charge in [-0.15, -0.1) is 0 Å². The van der Waals surface area contributed by atoms with Gasteiger partial charge in [-0.1, -0.05) is 84.9 Å². The molecule has 4 rings (SSSR count). The summed E-state index contributed by atoms with van der Waals surface area (Å²) in [5.74, 6) is 0. The summed E-state index contributed by atoms with van der Waals surface area (Å²) in [6, 6.07) is 20.1. The molecule has 0 aliphatic rings. The van der Waals surface area contributed by atoms with Crippen molar-refractivity contribution in [2.75, 3.05) is 0 Å². The Balaban J connectivity index is 2.15. The lowest BCUT2D eigenvalue weighted by molar-refractivity contribution is -0.143. The van der Waals surface area contributed by atoms with E-state index < -0.39 is 52.5 Å². The van der Waals surface area contributed by atoms with Crippen LogP contribution in [-0.2, 0) is 16.9 Å². The predicted molar refractivity (Wildman–Crippen MR) is 135 cm³/mol. The van der Waals surface area contributed by atoms with Crippen molar-refractivity contribution >= 4 is 23.5 Å². The Kier molecular flexibility index (Phi) is 7.41. The molecular weight excluding hydrogens is 541 g/mol. The quantitative estimate of drug-likeness (QED) is 0.176. The monoisotopic (exact) mass is 560 g/mol. The lowest BCUT2D eigenvalue weighted by atomic mass is 10.0. The van der Waals surface area contributed by atoms with Crippen molar-refractivity contribution in [3.63, 3.8) is 0 Å². The van der Waals surface area contributed by atoms with E-state index in [0.29, 0.717) is 23.8 Å². The molecule has 4 aromatic carbocycles. The number of halogens is 6. The average molecular weight is 560 g/mol. The fourth-order valence-electron chi connectivity index (χ4n) is 4.40. The van der Waals surface area contributed by atoms with Gasteiger partial charge >= 0.3 is 12.4 Å². The van der Waals surface area contributed by atoms with E-state index in [1.54, 1.807) is 30.3 Å². The number of hydrogen-bond acceptors (Lipinski definition) is 3. The number of carbonyl (C=O) groups is 2. The van der Waals surface area contributed by atoms with Crippen LogP contribution in [0.1, 0.15) is 37.4 Å². The van der Waals surface area contributed by atoms with Crippen molar-refractivity contribution in [3.8, 4) is 11.1 Å². The van der Waals surface area contributed by atoms with Gasteiger partial charge in [0, 0.05) is 10.9 Å². The molecule has 0 spiro atoms. The summed E-state index contributed by atoms with van der Waals surface area (Å²) in [5.41, 5.74) is -8.89. The fraction of sp³-hybridized carbons (Fsp3) is 0.103. The van der Waals surface area contributed by atoms with Crippen molar-refractivity contribution in [3.05, 3.63) is 125 Å². The number of aryl methyl sites for hydroxylation is 1. The molecule has 10 heteroatoms. The zero-order chi connectivity index (χ0) is 28.6. The highest BCUT2D eigenvalue weighted by molar-refractivity contribution is 8.01. The summed E-state index contributed by atoms with van der Waals surface area (Å²) in [6.07, 6.45) is -10.8. The van der Waals surface area contributed by atoms with Crippen LogP contribution in [-0.4, -0.2) is 11.0 Å². The third-order valence-corrected chi connectivity index (χ3v) is 8.97. The zero-order valence-corrected chi connectivity index (χ0v) is 21.1.